The Labute approximate surface area is 163 Å². The van der Waals surface area contributed by atoms with Crippen LogP contribution in [0.25, 0.3) is 0 Å². The van der Waals surface area contributed by atoms with Crippen LogP contribution in [-0.4, -0.2) is 43.0 Å². The van der Waals surface area contributed by atoms with E-state index in [4.69, 9.17) is 25.8 Å². The van der Waals surface area contributed by atoms with Gasteiger partial charge in [-0.3, -0.25) is 9.59 Å². The molecule has 10 heteroatoms. The van der Waals surface area contributed by atoms with Crippen LogP contribution in [0.5, 0.6) is 17.2 Å². The van der Waals surface area contributed by atoms with Gasteiger partial charge in [-0.25, -0.2) is 4.79 Å². The second-order valence-electron chi connectivity index (χ2n) is 5.85. The number of H-pyrrole nitrogens is 1. The molecule has 2 N–H and O–H groups in total. The summed E-state index contributed by atoms with van der Waals surface area (Å²) in [5.74, 6) is -2.40. The van der Waals surface area contributed by atoms with Crippen LogP contribution in [0.3, 0.4) is 0 Å². The molecule has 0 spiro atoms. The van der Waals surface area contributed by atoms with Gasteiger partial charge >= 0.3 is 11.9 Å². The molecule has 1 atom stereocenters. The molecule has 2 heterocycles. The molecule has 0 fully saturated rings. The number of methoxy groups -OCH3 is 2. The molecule has 1 aliphatic heterocycles. The molecule has 0 aliphatic carbocycles. The molecule has 2 aromatic rings. The van der Waals surface area contributed by atoms with Crippen molar-refractivity contribution in [2.75, 3.05) is 21.0 Å². The molecule has 28 heavy (non-hydrogen) atoms. The number of aromatic amines is 1. The first-order valence-corrected chi connectivity index (χ1v) is 8.43. The number of benzene rings is 1. The Morgan fingerprint density at radius 3 is 2.71 bits per heavy atom. The van der Waals surface area contributed by atoms with Crippen molar-refractivity contribution < 1.29 is 33.6 Å². The van der Waals surface area contributed by atoms with E-state index in [9.17, 15) is 19.5 Å². The van der Waals surface area contributed by atoms with Gasteiger partial charge in [0.05, 0.1) is 31.2 Å². The average Bonchev–Trinajstić information content (AvgIpc) is 3.15. The summed E-state index contributed by atoms with van der Waals surface area (Å²) in [6.07, 6.45) is 0.739. The van der Waals surface area contributed by atoms with Crippen molar-refractivity contribution >= 4 is 23.5 Å². The highest BCUT2D eigenvalue weighted by Crippen LogP contribution is 2.44. The summed E-state index contributed by atoms with van der Waals surface area (Å²) in [4.78, 5) is 38.8. The van der Waals surface area contributed by atoms with Crippen LogP contribution in [0.15, 0.2) is 23.1 Å². The van der Waals surface area contributed by atoms with E-state index in [-0.39, 0.29) is 29.4 Å². The molecule has 1 aliphatic rings. The van der Waals surface area contributed by atoms with Crippen LogP contribution in [-0.2, 0) is 14.3 Å². The first-order chi connectivity index (χ1) is 13.4. The van der Waals surface area contributed by atoms with Gasteiger partial charge in [0.15, 0.2) is 11.5 Å². The average molecular weight is 410 g/mol. The molecule has 1 aromatic heterocycles. The number of aromatic hydroxyl groups is 1. The van der Waals surface area contributed by atoms with Gasteiger partial charge in [-0.15, -0.1) is 0 Å². The highest BCUT2D eigenvalue weighted by atomic mass is 35.5. The van der Waals surface area contributed by atoms with Crippen molar-refractivity contribution in [2.45, 2.75) is 12.3 Å². The van der Waals surface area contributed by atoms with Gasteiger partial charge in [0, 0.05) is 12.1 Å². The molecule has 148 valence electrons. The molecule has 0 amide bonds. The zero-order valence-electron chi connectivity index (χ0n) is 14.9. The Morgan fingerprint density at radius 2 is 2.04 bits per heavy atom. The number of hydrogen-bond donors (Lipinski definition) is 2. The van der Waals surface area contributed by atoms with Gasteiger partial charge in [-0.1, -0.05) is 11.6 Å². The van der Waals surface area contributed by atoms with Crippen molar-refractivity contribution in [3.63, 3.8) is 0 Å². The van der Waals surface area contributed by atoms with Crippen LogP contribution in [0, 0.1) is 0 Å². The number of hydrogen-bond acceptors (Lipinski definition) is 8. The first-order valence-electron chi connectivity index (χ1n) is 8.06. The lowest BCUT2D eigenvalue weighted by atomic mass is 9.87. The van der Waals surface area contributed by atoms with E-state index in [1.165, 1.54) is 13.2 Å². The summed E-state index contributed by atoms with van der Waals surface area (Å²) < 4.78 is 19.9. The Balaban J connectivity index is 2.20. The fourth-order valence-corrected chi connectivity index (χ4v) is 3.22. The summed E-state index contributed by atoms with van der Waals surface area (Å²) in [6, 6.07) is 3.04. The Hall–Kier alpha value is -3.20. The molecule has 0 saturated carbocycles. The minimum absolute atomic E-state index is 0.0240. The standard InChI is InChI=1S/C18H16ClNO8/c1-25-13(21)5-9(8-3-11(19)16-12(4-8)27-7-28-16)14-15(22)10(18(24)26-2)6-20-17(14)23/h3-4,6,9H,5,7H2,1-2H3,(H2,20,22,23)/t9-/m1/s1. The van der Waals surface area contributed by atoms with Crippen LogP contribution in [0.4, 0.5) is 0 Å². The molecule has 0 radical (unpaired) electrons. The van der Waals surface area contributed by atoms with Crippen LogP contribution < -0.4 is 15.0 Å². The van der Waals surface area contributed by atoms with E-state index in [1.54, 1.807) is 6.07 Å². The smallest absolute Gasteiger partial charge is 0.343 e. The number of pyridine rings is 1. The van der Waals surface area contributed by atoms with E-state index in [0.717, 1.165) is 13.3 Å². The Kier molecular flexibility index (Phi) is 5.46. The largest absolute Gasteiger partial charge is 0.506 e. The summed E-state index contributed by atoms with van der Waals surface area (Å²) in [5, 5.41) is 10.8. The summed E-state index contributed by atoms with van der Waals surface area (Å²) in [6.45, 7) is -0.0240. The number of carbonyl (C=O) groups is 2. The van der Waals surface area contributed by atoms with Crippen LogP contribution in [0.1, 0.15) is 33.8 Å². The molecule has 0 unspecified atom stereocenters. The van der Waals surface area contributed by atoms with Gasteiger partial charge < -0.3 is 29.0 Å². The Morgan fingerprint density at radius 1 is 1.29 bits per heavy atom. The molecule has 3 rings (SSSR count). The third-order valence-electron chi connectivity index (χ3n) is 4.31. The zero-order valence-corrected chi connectivity index (χ0v) is 15.7. The topological polar surface area (TPSA) is 124 Å². The molecule has 9 nitrogen and oxygen atoms in total. The molecule has 0 saturated heterocycles. The minimum Gasteiger partial charge on any atom is -0.506 e. The minimum atomic E-state index is -0.979. The quantitative estimate of drug-likeness (QED) is 0.718. The number of carbonyl (C=O) groups excluding carboxylic acids is 2. The van der Waals surface area contributed by atoms with Crippen molar-refractivity contribution in [3.05, 3.63) is 50.4 Å². The molecule has 1 aromatic carbocycles. The summed E-state index contributed by atoms with van der Waals surface area (Å²) >= 11 is 6.22. The number of nitrogens with one attached hydrogen (secondary N) is 1. The van der Waals surface area contributed by atoms with Gasteiger partial charge in [-0.2, -0.15) is 0 Å². The van der Waals surface area contributed by atoms with E-state index >= 15 is 0 Å². The number of fused-ring (bicyclic) bond motifs is 1. The second-order valence-corrected chi connectivity index (χ2v) is 6.26. The van der Waals surface area contributed by atoms with Gasteiger partial charge in [0.2, 0.25) is 6.79 Å². The number of rotatable bonds is 5. The summed E-state index contributed by atoms with van der Waals surface area (Å²) in [7, 11) is 2.33. The normalized spacial score (nSPS) is 13.1. The lowest BCUT2D eigenvalue weighted by molar-refractivity contribution is -0.140. The molecular weight excluding hydrogens is 394 g/mol. The fraction of sp³-hybridized carbons (Fsp3) is 0.278. The van der Waals surface area contributed by atoms with Crippen LogP contribution >= 0.6 is 11.6 Å². The first kappa shape index (κ1) is 19.6. The highest BCUT2D eigenvalue weighted by molar-refractivity contribution is 6.32. The van der Waals surface area contributed by atoms with Gasteiger partial charge in [0.1, 0.15) is 11.3 Å². The van der Waals surface area contributed by atoms with Crippen molar-refractivity contribution in [2.24, 2.45) is 0 Å². The number of halogens is 1. The second kappa shape index (κ2) is 7.81. The maximum Gasteiger partial charge on any atom is 0.343 e. The van der Waals surface area contributed by atoms with E-state index in [2.05, 4.69) is 9.72 Å². The predicted molar refractivity (Wildman–Crippen MR) is 96.1 cm³/mol. The van der Waals surface area contributed by atoms with E-state index < -0.39 is 29.2 Å². The van der Waals surface area contributed by atoms with E-state index in [0.29, 0.717) is 17.1 Å². The lowest BCUT2D eigenvalue weighted by Gasteiger charge is -2.19. The SMILES string of the molecule is COC(=O)C[C@H](c1cc(Cl)c2c(c1)OCO2)c1c(O)c(C(=O)OC)c[nH]c1=O. The number of esters is 2. The van der Waals surface area contributed by atoms with Gasteiger partial charge in [-0.05, 0) is 17.7 Å². The van der Waals surface area contributed by atoms with E-state index in [1.807, 2.05) is 0 Å². The Bertz CT molecular complexity index is 1000. The van der Waals surface area contributed by atoms with Gasteiger partial charge in [0.25, 0.3) is 5.56 Å². The fourth-order valence-electron chi connectivity index (χ4n) is 2.95. The zero-order chi connectivity index (χ0) is 20.4. The molecule has 0 bridgehead atoms. The monoisotopic (exact) mass is 409 g/mol. The number of aromatic nitrogens is 1. The summed E-state index contributed by atoms with van der Waals surface area (Å²) in [5.41, 5.74) is -0.752. The number of ether oxygens (including phenoxy) is 4. The van der Waals surface area contributed by atoms with Crippen molar-refractivity contribution in [3.8, 4) is 17.2 Å². The molecular formula is C18H16ClNO8. The third-order valence-corrected chi connectivity index (χ3v) is 4.59. The highest BCUT2D eigenvalue weighted by Gasteiger charge is 2.30. The maximum atomic E-state index is 12.5. The third kappa shape index (κ3) is 3.48. The maximum absolute atomic E-state index is 12.5. The predicted octanol–water partition coefficient (Wildman–Crippen LogP) is 1.94. The van der Waals surface area contributed by atoms with Crippen LogP contribution in [0.2, 0.25) is 5.02 Å². The lowest BCUT2D eigenvalue weighted by Crippen LogP contribution is -2.22. The van der Waals surface area contributed by atoms with Crippen molar-refractivity contribution in [1.82, 2.24) is 4.98 Å². The van der Waals surface area contributed by atoms with Crippen molar-refractivity contribution in [1.29, 1.82) is 0 Å².